The molecular weight excluding hydrogens is 555 g/mol. The molecule has 1 heterocycles. The lowest BCUT2D eigenvalue weighted by Crippen LogP contribution is -2.30. The minimum atomic E-state index is -3.78. The molecule has 5 rings (SSSR count). The predicted octanol–water partition coefficient (Wildman–Crippen LogP) is 6.17. The van der Waals surface area contributed by atoms with E-state index in [1.165, 1.54) is 17.7 Å². The van der Waals surface area contributed by atoms with Gasteiger partial charge in [-0.3, -0.25) is 14.3 Å². The zero-order chi connectivity index (χ0) is 29.0. The van der Waals surface area contributed by atoms with Crippen molar-refractivity contribution in [3.05, 3.63) is 125 Å². The molecule has 4 aromatic rings. The molecule has 1 saturated heterocycles. The average molecular weight is 586 g/mol. The summed E-state index contributed by atoms with van der Waals surface area (Å²) in [6.45, 7) is 4.38. The van der Waals surface area contributed by atoms with Crippen LogP contribution in [0.15, 0.2) is 102 Å². The number of carbonyl (C=O) groups is 2. The monoisotopic (exact) mass is 585 g/mol. The van der Waals surface area contributed by atoms with Gasteiger partial charge in [0.25, 0.3) is 15.9 Å². The normalized spacial score (nSPS) is 15.1. The van der Waals surface area contributed by atoms with Crippen molar-refractivity contribution in [3.8, 4) is 0 Å². The summed E-state index contributed by atoms with van der Waals surface area (Å²) < 4.78 is 28.4. The fourth-order valence-electron chi connectivity index (χ4n) is 4.64. The quantitative estimate of drug-likeness (QED) is 0.245. The minimum absolute atomic E-state index is 0.0879. The molecule has 0 saturated carbocycles. The Morgan fingerprint density at radius 3 is 2.34 bits per heavy atom. The molecule has 0 aliphatic carbocycles. The third kappa shape index (κ3) is 6.81. The molecule has 0 unspecified atom stereocenters. The van der Waals surface area contributed by atoms with Crippen molar-refractivity contribution < 1.29 is 18.0 Å². The highest BCUT2D eigenvalue weighted by Crippen LogP contribution is 2.38. The standard InChI is InChI=1S/C32H31N3O4S2/c1-22-8-9-23(2)29(20-22)34-41(38,39)28-16-14-27(15-17-28)33-31(37)25-10-12-26(13-11-25)32-35(30(36)21-40-32)19-18-24-6-4-3-5-7-24/h3-17,20,32,34H,18-19,21H2,1-2H3,(H,33,37)/t32-/m0/s1. The van der Waals surface area contributed by atoms with Gasteiger partial charge in [0.1, 0.15) is 5.37 Å². The molecule has 1 aliphatic heterocycles. The predicted molar refractivity (Wildman–Crippen MR) is 165 cm³/mol. The molecule has 1 atom stereocenters. The first-order valence-corrected chi connectivity index (χ1v) is 15.8. The van der Waals surface area contributed by atoms with Gasteiger partial charge in [-0.2, -0.15) is 0 Å². The molecule has 41 heavy (non-hydrogen) atoms. The lowest BCUT2D eigenvalue weighted by molar-refractivity contribution is -0.128. The number of hydrogen-bond donors (Lipinski definition) is 2. The lowest BCUT2D eigenvalue weighted by Gasteiger charge is -2.24. The highest BCUT2D eigenvalue weighted by molar-refractivity contribution is 8.00. The van der Waals surface area contributed by atoms with E-state index in [0.29, 0.717) is 29.2 Å². The maximum absolute atomic E-state index is 12.9. The van der Waals surface area contributed by atoms with Crippen LogP contribution in [0.4, 0.5) is 11.4 Å². The van der Waals surface area contributed by atoms with E-state index in [0.717, 1.165) is 23.1 Å². The van der Waals surface area contributed by atoms with Crippen molar-refractivity contribution in [1.29, 1.82) is 0 Å². The Kier molecular flexibility index (Phi) is 8.46. The summed E-state index contributed by atoms with van der Waals surface area (Å²) in [5.74, 6) is 0.247. The summed E-state index contributed by atoms with van der Waals surface area (Å²) in [4.78, 5) is 27.5. The van der Waals surface area contributed by atoms with Crippen LogP contribution in [-0.2, 0) is 21.2 Å². The number of thioether (sulfide) groups is 1. The topological polar surface area (TPSA) is 95.6 Å². The van der Waals surface area contributed by atoms with E-state index in [4.69, 9.17) is 0 Å². The van der Waals surface area contributed by atoms with Crippen LogP contribution in [-0.4, -0.2) is 37.4 Å². The van der Waals surface area contributed by atoms with Gasteiger partial charge in [-0.25, -0.2) is 8.42 Å². The first-order valence-electron chi connectivity index (χ1n) is 13.3. The molecule has 9 heteroatoms. The van der Waals surface area contributed by atoms with Gasteiger partial charge in [0.05, 0.1) is 16.3 Å². The van der Waals surface area contributed by atoms with E-state index in [-0.39, 0.29) is 22.1 Å². The highest BCUT2D eigenvalue weighted by atomic mass is 32.2. The number of aryl methyl sites for hydroxylation is 2. The van der Waals surface area contributed by atoms with Crippen LogP contribution in [0, 0.1) is 13.8 Å². The number of amides is 2. The number of benzene rings is 4. The molecule has 0 radical (unpaired) electrons. The summed E-state index contributed by atoms with van der Waals surface area (Å²) in [5, 5.41) is 2.73. The Labute approximate surface area is 245 Å². The van der Waals surface area contributed by atoms with Gasteiger partial charge < -0.3 is 10.2 Å². The van der Waals surface area contributed by atoms with Gasteiger partial charge in [-0.05, 0) is 85.0 Å². The fourth-order valence-corrected chi connectivity index (χ4v) is 6.98. The first-order chi connectivity index (χ1) is 19.7. The molecule has 1 fully saturated rings. The molecular formula is C32H31N3O4S2. The maximum Gasteiger partial charge on any atom is 0.261 e. The van der Waals surface area contributed by atoms with Crippen molar-refractivity contribution >= 4 is 45.0 Å². The Bertz CT molecular complexity index is 1660. The summed E-state index contributed by atoms with van der Waals surface area (Å²) in [7, 11) is -3.78. The van der Waals surface area contributed by atoms with E-state index >= 15 is 0 Å². The van der Waals surface area contributed by atoms with Gasteiger partial charge >= 0.3 is 0 Å². The molecule has 1 aliphatic rings. The third-order valence-corrected chi connectivity index (χ3v) is 9.61. The van der Waals surface area contributed by atoms with Gasteiger partial charge in [-0.15, -0.1) is 11.8 Å². The molecule has 2 amide bonds. The van der Waals surface area contributed by atoms with Crippen molar-refractivity contribution in [3.63, 3.8) is 0 Å². The van der Waals surface area contributed by atoms with Crippen LogP contribution in [0.25, 0.3) is 0 Å². The fraction of sp³-hybridized carbons (Fsp3) is 0.188. The SMILES string of the molecule is Cc1ccc(C)c(NS(=O)(=O)c2ccc(NC(=O)c3ccc([C@@H]4SCC(=O)N4CCc4ccccc4)cc3)cc2)c1. The summed E-state index contributed by atoms with van der Waals surface area (Å²) in [6, 6.07) is 29.0. The Morgan fingerprint density at radius 1 is 0.927 bits per heavy atom. The van der Waals surface area contributed by atoms with Gasteiger partial charge in [0.2, 0.25) is 5.91 Å². The Balaban J connectivity index is 1.21. The summed E-state index contributed by atoms with van der Waals surface area (Å²) in [6.07, 6.45) is 0.784. The molecule has 210 valence electrons. The Morgan fingerprint density at radius 2 is 1.63 bits per heavy atom. The highest BCUT2D eigenvalue weighted by Gasteiger charge is 2.32. The molecule has 4 aromatic carbocycles. The number of sulfonamides is 1. The van der Waals surface area contributed by atoms with Gasteiger partial charge in [0, 0.05) is 17.8 Å². The average Bonchev–Trinajstić information content (AvgIpc) is 3.34. The number of rotatable bonds is 9. The van der Waals surface area contributed by atoms with E-state index in [1.54, 1.807) is 42.1 Å². The molecule has 0 spiro atoms. The smallest absolute Gasteiger partial charge is 0.261 e. The summed E-state index contributed by atoms with van der Waals surface area (Å²) in [5.41, 5.74) is 5.41. The molecule has 7 nitrogen and oxygen atoms in total. The van der Waals surface area contributed by atoms with Crippen LogP contribution in [0.1, 0.15) is 38.0 Å². The van der Waals surface area contributed by atoms with Crippen LogP contribution < -0.4 is 10.0 Å². The van der Waals surface area contributed by atoms with Crippen LogP contribution in [0.5, 0.6) is 0 Å². The van der Waals surface area contributed by atoms with Crippen LogP contribution in [0.3, 0.4) is 0 Å². The number of anilines is 2. The number of hydrogen-bond acceptors (Lipinski definition) is 5. The van der Waals surface area contributed by atoms with Crippen molar-refractivity contribution in [2.75, 3.05) is 22.3 Å². The second-order valence-corrected chi connectivity index (χ2v) is 12.8. The number of nitrogens with one attached hydrogen (secondary N) is 2. The largest absolute Gasteiger partial charge is 0.326 e. The molecule has 0 bridgehead atoms. The second-order valence-electron chi connectivity index (χ2n) is 10.0. The van der Waals surface area contributed by atoms with Crippen molar-refractivity contribution in [2.24, 2.45) is 0 Å². The summed E-state index contributed by atoms with van der Waals surface area (Å²) >= 11 is 1.59. The van der Waals surface area contributed by atoms with E-state index in [2.05, 4.69) is 22.2 Å². The third-order valence-electron chi connectivity index (χ3n) is 6.97. The first kappa shape index (κ1) is 28.4. The molecule has 0 aromatic heterocycles. The van der Waals surface area contributed by atoms with E-state index in [9.17, 15) is 18.0 Å². The van der Waals surface area contributed by atoms with E-state index < -0.39 is 10.0 Å². The Hall–Kier alpha value is -4.08. The van der Waals surface area contributed by atoms with Crippen LogP contribution in [0.2, 0.25) is 0 Å². The van der Waals surface area contributed by atoms with Gasteiger partial charge in [0.15, 0.2) is 0 Å². The number of nitrogens with zero attached hydrogens (tertiary/aromatic N) is 1. The van der Waals surface area contributed by atoms with Gasteiger partial charge in [-0.1, -0.05) is 54.6 Å². The van der Waals surface area contributed by atoms with Crippen LogP contribution >= 0.6 is 11.8 Å². The zero-order valence-electron chi connectivity index (χ0n) is 22.8. The van der Waals surface area contributed by atoms with E-state index in [1.807, 2.05) is 61.2 Å². The molecule has 2 N–H and O–H groups in total. The second kappa shape index (κ2) is 12.2. The van der Waals surface area contributed by atoms with Crippen molar-refractivity contribution in [1.82, 2.24) is 4.90 Å². The number of carbonyl (C=O) groups excluding carboxylic acids is 2. The lowest BCUT2D eigenvalue weighted by atomic mass is 10.1. The zero-order valence-corrected chi connectivity index (χ0v) is 24.5. The minimum Gasteiger partial charge on any atom is -0.326 e. The maximum atomic E-state index is 12.9. The van der Waals surface area contributed by atoms with Crippen molar-refractivity contribution in [2.45, 2.75) is 30.5 Å².